The molecule has 0 spiro atoms. The van der Waals surface area contributed by atoms with Crippen molar-refractivity contribution in [3.05, 3.63) is 36.0 Å². The molecule has 0 aliphatic heterocycles. The van der Waals surface area contributed by atoms with Gasteiger partial charge in [-0.2, -0.15) is 0 Å². The summed E-state index contributed by atoms with van der Waals surface area (Å²) in [7, 11) is 0. The molecule has 1 amide bonds. The highest BCUT2D eigenvalue weighted by Crippen LogP contribution is 2.12. The van der Waals surface area contributed by atoms with Gasteiger partial charge in [0, 0.05) is 20.0 Å². The van der Waals surface area contributed by atoms with Crippen LogP contribution >= 0.6 is 0 Å². The van der Waals surface area contributed by atoms with Crippen molar-refractivity contribution in [1.82, 2.24) is 4.90 Å². The quantitative estimate of drug-likeness (QED) is 0.561. The first kappa shape index (κ1) is 17.7. The Morgan fingerprint density at radius 1 is 1.05 bits per heavy atom. The van der Waals surface area contributed by atoms with Crippen LogP contribution in [0.5, 0.6) is 0 Å². The van der Waals surface area contributed by atoms with Gasteiger partial charge in [-0.25, -0.2) is 0 Å². The van der Waals surface area contributed by atoms with E-state index in [0.29, 0.717) is 13.1 Å². The Bertz CT molecular complexity index is 339. The van der Waals surface area contributed by atoms with E-state index >= 15 is 0 Å². The molecule has 0 radical (unpaired) electrons. The molecule has 0 atom stereocenters. The zero-order chi connectivity index (χ0) is 14.7. The van der Waals surface area contributed by atoms with Crippen LogP contribution in [0.1, 0.15) is 53.4 Å². The summed E-state index contributed by atoms with van der Waals surface area (Å²) in [6.45, 7) is 13.1. The van der Waals surface area contributed by atoms with Crippen molar-refractivity contribution in [2.24, 2.45) is 0 Å². The van der Waals surface area contributed by atoms with E-state index in [0.717, 1.165) is 12.8 Å². The van der Waals surface area contributed by atoms with E-state index in [-0.39, 0.29) is 5.91 Å². The van der Waals surface area contributed by atoms with Gasteiger partial charge in [0.05, 0.1) is 0 Å². The molecule has 108 valence electrons. The van der Waals surface area contributed by atoms with Gasteiger partial charge < -0.3 is 4.90 Å². The van der Waals surface area contributed by atoms with Crippen molar-refractivity contribution < 1.29 is 4.79 Å². The monoisotopic (exact) mass is 263 g/mol. The molecule has 0 aromatic heterocycles. The van der Waals surface area contributed by atoms with Gasteiger partial charge in [-0.3, -0.25) is 4.79 Å². The summed E-state index contributed by atoms with van der Waals surface area (Å²) in [4.78, 5) is 13.2. The predicted octanol–water partition coefficient (Wildman–Crippen LogP) is 4.49. The smallest absolute Gasteiger partial charge is 0.220 e. The number of nitrogens with zero attached hydrogens (tertiary/aromatic N) is 1. The Morgan fingerprint density at radius 2 is 1.63 bits per heavy atom. The van der Waals surface area contributed by atoms with E-state index in [4.69, 9.17) is 0 Å². The highest BCUT2D eigenvalue weighted by Gasteiger charge is 2.04. The molecule has 0 aliphatic rings. The first-order valence-electron chi connectivity index (χ1n) is 7.18. The van der Waals surface area contributed by atoms with Gasteiger partial charge in [0.15, 0.2) is 0 Å². The highest BCUT2D eigenvalue weighted by atomic mass is 16.2. The molecule has 0 rings (SSSR count). The lowest BCUT2D eigenvalue weighted by Crippen LogP contribution is -2.28. The number of hydrogen-bond acceptors (Lipinski definition) is 1. The van der Waals surface area contributed by atoms with Gasteiger partial charge in [-0.05, 0) is 39.5 Å². The minimum atomic E-state index is 0.102. The average molecular weight is 263 g/mol. The van der Waals surface area contributed by atoms with Crippen molar-refractivity contribution in [2.45, 2.75) is 53.4 Å². The number of hydrogen-bond donors (Lipinski definition) is 0. The number of carbonyl (C=O) groups excluding carboxylic acids is 1. The summed E-state index contributed by atoms with van der Waals surface area (Å²) in [6.07, 6.45) is 10.8. The Labute approximate surface area is 118 Å². The van der Waals surface area contributed by atoms with Crippen molar-refractivity contribution in [3.8, 4) is 0 Å². The van der Waals surface area contributed by atoms with E-state index in [1.165, 1.54) is 24.0 Å². The van der Waals surface area contributed by atoms with Crippen LogP contribution in [0.3, 0.4) is 0 Å². The van der Waals surface area contributed by atoms with Gasteiger partial charge in [-0.15, -0.1) is 6.58 Å². The van der Waals surface area contributed by atoms with Gasteiger partial charge in [0.1, 0.15) is 0 Å². The molecule has 19 heavy (non-hydrogen) atoms. The number of rotatable bonds is 9. The van der Waals surface area contributed by atoms with Gasteiger partial charge in [0.25, 0.3) is 0 Å². The van der Waals surface area contributed by atoms with Crippen molar-refractivity contribution in [2.75, 3.05) is 13.1 Å². The minimum absolute atomic E-state index is 0.102. The second-order valence-corrected chi connectivity index (χ2v) is 5.08. The van der Waals surface area contributed by atoms with Crippen LogP contribution in [0.2, 0.25) is 0 Å². The SMILES string of the molecule is C=CCN(C/C=C(\C)CCC/C(C)=C\CC)C(C)=O. The average Bonchev–Trinajstić information content (AvgIpc) is 2.34. The normalized spacial score (nSPS) is 12.4. The molecule has 0 saturated heterocycles. The third-order valence-corrected chi connectivity index (χ3v) is 3.15. The molecular formula is C17H29NO. The third-order valence-electron chi connectivity index (χ3n) is 3.15. The summed E-state index contributed by atoms with van der Waals surface area (Å²) in [5, 5.41) is 0. The fourth-order valence-electron chi connectivity index (χ4n) is 1.95. The van der Waals surface area contributed by atoms with Crippen LogP contribution in [0, 0.1) is 0 Å². The molecule has 0 N–H and O–H groups in total. The Morgan fingerprint density at radius 3 is 2.11 bits per heavy atom. The van der Waals surface area contributed by atoms with Crippen molar-refractivity contribution in [3.63, 3.8) is 0 Å². The molecule has 2 heteroatoms. The summed E-state index contributed by atoms with van der Waals surface area (Å²) >= 11 is 0. The maximum Gasteiger partial charge on any atom is 0.220 e. The molecule has 0 aromatic carbocycles. The van der Waals surface area contributed by atoms with Crippen LogP contribution in [0.25, 0.3) is 0 Å². The van der Waals surface area contributed by atoms with Crippen LogP contribution in [0.4, 0.5) is 0 Å². The van der Waals surface area contributed by atoms with Gasteiger partial charge in [0.2, 0.25) is 5.91 Å². The lowest BCUT2D eigenvalue weighted by Gasteiger charge is -2.17. The molecule has 0 heterocycles. The first-order chi connectivity index (χ1) is 9.01. The maximum atomic E-state index is 11.4. The zero-order valence-electron chi connectivity index (χ0n) is 13.0. The molecule has 0 aromatic rings. The number of allylic oxidation sites excluding steroid dienone is 3. The topological polar surface area (TPSA) is 20.3 Å². The van der Waals surface area contributed by atoms with E-state index in [9.17, 15) is 4.79 Å². The molecular weight excluding hydrogens is 234 g/mol. The largest absolute Gasteiger partial charge is 0.336 e. The molecule has 2 nitrogen and oxygen atoms in total. The Hall–Kier alpha value is -1.31. The molecule has 0 bridgehead atoms. The minimum Gasteiger partial charge on any atom is -0.336 e. The van der Waals surface area contributed by atoms with Crippen LogP contribution in [-0.4, -0.2) is 23.9 Å². The lowest BCUT2D eigenvalue weighted by molar-refractivity contribution is -0.127. The lowest BCUT2D eigenvalue weighted by atomic mass is 10.1. The molecule has 0 aliphatic carbocycles. The van der Waals surface area contributed by atoms with Crippen molar-refractivity contribution >= 4 is 5.91 Å². The first-order valence-corrected chi connectivity index (χ1v) is 7.18. The number of amides is 1. The fraction of sp³-hybridized carbons (Fsp3) is 0.588. The van der Waals surface area contributed by atoms with Crippen LogP contribution in [0.15, 0.2) is 36.0 Å². The fourth-order valence-corrected chi connectivity index (χ4v) is 1.95. The summed E-state index contributed by atoms with van der Waals surface area (Å²) < 4.78 is 0. The van der Waals surface area contributed by atoms with Gasteiger partial charge in [-0.1, -0.05) is 36.3 Å². The second kappa shape index (κ2) is 10.6. The van der Waals surface area contributed by atoms with Crippen molar-refractivity contribution in [1.29, 1.82) is 0 Å². The predicted molar refractivity (Wildman–Crippen MR) is 84.1 cm³/mol. The summed E-state index contributed by atoms with van der Waals surface area (Å²) in [5.41, 5.74) is 2.84. The summed E-state index contributed by atoms with van der Waals surface area (Å²) in [6, 6.07) is 0. The highest BCUT2D eigenvalue weighted by molar-refractivity contribution is 5.73. The molecule has 0 unspecified atom stereocenters. The number of carbonyl (C=O) groups is 1. The third kappa shape index (κ3) is 9.29. The van der Waals surface area contributed by atoms with E-state index in [1.807, 2.05) is 0 Å². The summed E-state index contributed by atoms with van der Waals surface area (Å²) in [5.74, 6) is 0.102. The second-order valence-electron chi connectivity index (χ2n) is 5.08. The van der Waals surface area contributed by atoms with Crippen LogP contribution in [-0.2, 0) is 4.79 Å². The molecule has 0 fully saturated rings. The van der Waals surface area contributed by atoms with E-state index < -0.39 is 0 Å². The van der Waals surface area contributed by atoms with Gasteiger partial charge >= 0.3 is 0 Å². The molecule has 0 saturated carbocycles. The standard InChI is InChI=1S/C17H29NO/c1-6-9-15(3)10-8-11-16(4)12-14-18(13-7-2)17(5)19/h7,9,12H,2,6,8,10-11,13-14H2,1,3-5H3/b15-9-,16-12+. The zero-order valence-corrected chi connectivity index (χ0v) is 13.0. The van der Waals surface area contributed by atoms with E-state index in [2.05, 4.69) is 39.5 Å². The Kier molecular flexibility index (Phi) is 9.87. The maximum absolute atomic E-state index is 11.4. The van der Waals surface area contributed by atoms with Crippen LogP contribution < -0.4 is 0 Å². The Balaban J connectivity index is 4.08. The van der Waals surface area contributed by atoms with E-state index in [1.54, 1.807) is 17.9 Å².